The average molecular weight is 760 g/mol. The van der Waals surface area contributed by atoms with Crippen molar-refractivity contribution in [1.82, 2.24) is 9.21 Å². The lowest BCUT2D eigenvalue weighted by Crippen LogP contribution is -2.50. The number of anilines is 1. The number of hydrogen-bond acceptors (Lipinski definition) is 8. The van der Waals surface area contributed by atoms with Crippen LogP contribution in [0.15, 0.2) is 114 Å². The molecule has 9 nitrogen and oxygen atoms in total. The van der Waals surface area contributed by atoms with Crippen molar-refractivity contribution in [3.63, 3.8) is 0 Å². The molecule has 0 N–H and O–H groups in total. The Bertz CT molecular complexity index is 2130. The molecule has 0 bridgehead atoms. The summed E-state index contributed by atoms with van der Waals surface area (Å²) in [5.74, 6) is 1.69. The minimum atomic E-state index is -3.90. The summed E-state index contributed by atoms with van der Waals surface area (Å²) in [6, 6.07) is 34.0. The Morgan fingerprint density at radius 1 is 0.827 bits per heavy atom. The van der Waals surface area contributed by atoms with Crippen LogP contribution in [0.25, 0.3) is 10.8 Å². The van der Waals surface area contributed by atoms with Crippen LogP contribution in [0.5, 0.6) is 17.2 Å². The Morgan fingerprint density at radius 3 is 2.25 bits per heavy atom. The SMILES string of the molecule is COc1ccc(CN(Cc2cccc3ccccc23)S(=O)(=O)Sc2ccc(Oc3cccc(N4CCN(C(=O)OC(C)(C)C)CC4)c3)c(Cl)c2)cc1. The molecule has 1 saturated heterocycles. The van der Waals surface area contributed by atoms with Gasteiger partial charge in [0.1, 0.15) is 22.8 Å². The molecule has 1 heterocycles. The number of carbonyl (C=O) groups is 1. The Balaban J connectivity index is 1.15. The minimum Gasteiger partial charge on any atom is -0.497 e. The zero-order chi connectivity index (χ0) is 36.9. The van der Waals surface area contributed by atoms with Gasteiger partial charge in [-0.25, -0.2) is 13.2 Å². The summed E-state index contributed by atoms with van der Waals surface area (Å²) < 4.78 is 46.7. The number of benzene rings is 5. The highest BCUT2D eigenvalue weighted by Crippen LogP contribution is 2.38. The molecule has 5 aromatic carbocycles. The molecular formula is C40H42ClN3O6S2. The van der Waals surface area contributed by atoms with Crippen LogP contribution in [-0.2, 0) is 26.9 Å². The Labute approximate surface area is 314 Å². The summed E-state index contributed by atoms with van der Waals surface area (Å²) >= 11 is 6.70. The summed E-state index contributed by atoms with van der Waals surface area (Å²) in [5, 5.41) is 2.33. The molecule has 6 rings (SSSR count). The van der Waals surface area contributed by atoms with Crippen LogP contribution in [0.4, 0.5) is 10.5 Å². The summed E-state index contributed by atoms with van der Waals surface area (Å²) in [6.45, 7) is 8.34. The molecule has 0 aliphatic carbocycles. The molecule has 1 aliphatic heterocycles. The van der Waals surface area contributed by atoms with Crippen molar-refractivity contribution in [2.75, 3.05) is 38.2 Å². The Morgan fingerprint density at radius 2 is 1.54 bits per heavy atom. The van der Waals surface area contributed by atoms with Crippen molar-refractivity contribution in [3.8, 4) is 17.2 Å². The first-order valence-electron chi connectivity index (χ1n) is 17.0. The van der Waals surface area contributed by atoms with E-state index in [0.717, 1.165) is 38.4 Å². The van der Waals surface area contributed by atoms with Gasteiger partial charge in [-0.15, -0.1) is 0 Å². The van der Waals surface area contributed by atoms with Crippen LogP contribution >= 0.6 is 22.4 Å². The summed E-state index contributed by atoms with van der Waals surface area (Å²) in [4.78, 5) is 16.9. The van der Waals surface area contributed by atoms with Crippen LogP contribution < -0.4 is 14.4 Å². The van der Waals surface area contributed by atoms with Crippen molar-refractivity contribution in [3.05, 3.63) is 125 Å². The van der Waals surface area contributed by atoms with Crippen molar-refractivity contribution in [2.45, 2.75) is 44.4 Å². The molecule has 0 atom stereocenters. The third-order valence-corrected chi connectivity index (χ3v) is 12.2. The fourth-order valence-electron chi connectivity index (χ4n) is 5.90. The number of rotatable bonds is 11. The molecule has 5 aromatic rings. The average Bonchev–Trinajstić information content (AvgIpc) is 3.12. The van der Waals surface area contributed by atoms with Crippen LogP contribution in [0.2, 0.25) is 5.02 Å². The van der Waals surface area contributed by atoms with E-state index >= 15 is 0 Å². The van der Waals surface area contributed by atoms with E-state index in [-0.39, 0.29) is 24.2 Å². The molecule has 1 aliphatic rings. The van der Waals surface area contributed by atoms with E-state index in [1.165, 1.54) is 4.31 Å². The molecule has 1 fully saturated rings. The highest BCUT2D eigenvalue weighted by atomic mass is 35.5. The first kappa shape index (κ1) is 37.3. The van der Waals surface area contributed by atoms with Crippen LogP contribution in [-0.4, -0.2) is 62.6 Å². The van der Waals surface area contributed by atoms with Crippen molar-refractivity contribution >= 4 is 54.0 Å². The third-order valence-electron chi connectivity index (χ3n) is 8.51. The predicted octanol–water partition coefficient (Wildman–Crippen LogP) is 9.39. The maximum atomic E-state index is 14.1. The van der Waals surface area contributed by atoms with Gasteiger partial charge in [0, 0.05) is 66.7 Å². The van der Waals surface area contributed by atoms with Crippen LogP contribution in [0.3, 0.4) is 0 Å². The third kappa shape index (κ3) is 9.51. The molecule has 52 heavy (non-hydrogen) atoms. The van der Waals surface area contributed by atoms with E-state index < -0.39 is 14.7 Å². The monoisotopic (exact) mass is 759 g/mol. The molecular weight excluding hydrogens is 718 g/mol. The number of carbonyl (C=O) groups excluding carboxylic acids is 1. The van der Waals surface area contributed by atoms with Gasteiger partial charge in [0.15, 0.2) is 0 Å². The number of amides is 1. The Kier molecular flexibility index (Phi) is 11.5. The number of nitrogens with zero attached hydrogens (tertiary/aromatic N) is 3. The first-order chi connectivity index (χ1) is 24.9. The lowest BCUT2D eigenvalue weighted by molar-refractivity contribution is 0.0240. The summed E-state index contributed by atoms with van der Waals surface area (Å²) in [7, 11) is -1.55. The normalized spacial score (nSPS) is 13.7. The zero-order valence-electron chi connectivity index (χ0n) is 29.6. The number of ether oxygens (including phenoxy) is 3. The van der Waals surface area contributed by atoms with Gasteiger partial charge in [0.25, 0.3) is 9.06 Å². The molecule has 0 radical (unpaired) electrons. The van der Waals surface area contributed by atoms with Crippen molar-refractivity contribution in [2.24, 2.45) is 0 Å². The smallest absolute Gasteiger partial charge is 0.410 e. The second kappa shape index (κ2) is 16.1. The largest absolute Gasteiger partial charge is 0.497 e. The van der Waals surface area contributed by atoms with E-state index in [4.69, 9.17) is 25.8 Å². The molecule has 272 valence electrons. The number of piperazine rings is 1. The van der Waals surface area contributed by atoms with Gasteiger partial charge in [-0.3, -0.25) is 0 Å². The van der Waals surface area contributed by atoms with Gasteiger partial charge in [-0.2, -0.15) is 4.31 Å². The van der Waals surface area contributed by atoms with Gasteiger partial charge in [-0.05, 0) is 85.1 Å². The van der Waals surface area contributed by atoms with Gasteiger partial charge in [0.2, 0.25) is 0 Å². The maximum absolute atomic E-state index is 14.1. The number of methoxy groups -OCH3 is 1. The molecule has 1 amide bonds. The molecule has 0 saturated carbocycles. The van der Waals surface area contributed by atoms with Gasteiger partial charge in [-0.1, -0.05) is 72.3 Å². The minimum absolute atomic E-state index is 0.171. The van der Waals surface area contributed by atoms with Gasteiger partial charge < -0.3 is 24.0 Å². The van der Waals surface area contributed by atoms with Gasteiger partial charge in [0.05, 0.1) is 12.1 Å². The van der Waals surface area contributed by atoms with Crippen LogP contribution in [0.1, 0.15) is 31.9 Å². The number of fused-ring (bicyclic) bond motifs is 1. The lowest BCUT2D eigenvalue weighted by Gasteiger charge is -2.36. The highest BCUT2D eigenvalue weighted by Gasteiger charge is 2.27. The Hall–Kier alpha value is -4.42. The topological polar surface area (TPSA) is 88.6 Å². The van der Waals surface area contributed by atoms with E-state index in [1.807, 2.05) is 112 Å². The number of hydrogen-bond donors (Lipinski definition) is 0. The van der Waals surface area contributed by atoms with Crippen molar-refractivity contribution < 1.29 is 27.4 Å². The quantitative estimate of drug-likeness (QED) is 0.123. The number of halogens is 1. The van der Waals surface area contributed by atoms with Crippen molar-refractivity contribution in [1.29, 1.82) is 0 Å². The van der Waals surface area contributed by atoms with Crippen LogP contribution in [0, 0.1) is 0 Å². The van der Waals surface area contributed by atoms with Gasteiger partial charge >= 0.3 is 6.09 Å². The summed E-state index contributed by atoms with van der Waals surface area (Å²) in [6.07, 6.45) is -0.303. The van der Waals surface area contributed by atoms with E-state index in [9.17, 15) is 13.2 Å². The zero-order valence-corrected chi connectivity index (χ0v) is 32.0. The fourth-order valence-corrected chi connectivity index (χ4v) is 9.10. The first-order valence-corrected chi connectivity index (χ1v) is 20.1. The standard InChI is InChI=1S/C40H42ClN3O6S2/c1-40(2,3)50-39(45)43-23-21-42(22-24-43)32-12-8-13-34(25-32)49-38-20-19-35(26-37(38)41)51-52(46,47)44(27-29-15-17-33(48-4)18-16-29)28-31-11-7-10-30-9-5-6-14-36(30)31/h5-20,25-26H,21-24,27-28H2,1-4H3. The van der Waals surface area contributed by atoms with E-state index in [2.05, 4.69) is 4.90 Å². The lowest BCUT2D eigenvalue weighted by atomic mass is 10.0. The van der Waals surface area contributed by atoms with E-state index in [0.29, 0.717) is 48.3 Å². The predicted molar refractivity (Wildman–Crippen MR) is 209 cm³/mol. The fraction of sp³-hybridized carbons (Fsp3) is 0.275. The highest BCUT2D eigenvalue weighted by molar-refractivity contribution is 8.71. The molecule has 0 unspecified atom stereocenters. The maximum Gasteiger partial charge on any atom is 0.410 e. The second-order valence-electron chi connectivity index (χ2n) is 13.4. The summed E-state index contributed by atoms with van der Waals surface area (Å²) in [5.41, 5.74) is 2.16. The van der Waals surface area contributed by atoms with E-state index in [1.54, 1.807) is 30.2 Å². The second-order valence-corrected chi connectivity index (χ2v) is 17.6. The molecule has 0 spiro atoms. The molecule has 0 aromatic heterocycles. The molecule has 12 heteroatoms.